The van der Waals surface area contributed by atoms with Crippen LogP contribution in [0.3, 0.4) is 0 Å². The van der Waals surface area contributed by atoms with E-state index in [0.29, 0.717) is 10.9 Å². The Morgan fingerprint density at radius 3 is 2.08 bits per heavy atom. The predicted octanol–water partition coefficient (Wildman–Crippen LogP) is 0.935. The zero-order valence-corrected chi connectivity index (χ0v) is 29.2. The van der Waals surface area contributed by atoms with Gasteiger partial charge < -0.3 is 47.6 Å². The van der Waals surface area contributed by atoms with E-state index in [1.165, 1.54) is 24.3 Å². The summed E-state index contributed by atoms with van der Waals surface area (Å²) in [6, 6.07) is 3.76. The van der Waals surface area contributed by atoms with E-state index in [1.54, 1.807) is 6.92 Å². The van der Waals surface area contributed by atoms with E-state index in [4.69, 9.17) is 42.3 Å². The molecule has 2 heterocycles. The van der Waals surface area contributed by atoms with Crippen LogP contribution < -0.4 is 15.7 Å². The molecule has 0 aliphatic carbocycles. The second-order valence-corrected chi connectivity index (χ2v) is 11.6. The van der Waals surface area contributed by atoms with Gasteiger partial charge in [0.2, 0.25) is 5.91 Å². The van der Waals surface area contributed by atoms with Crippen molar-refractivity contribution in [2.24, 2.45) is 0 Å². The maximum Gasteiger partial charge on any atom is 0.379 e. The molecular weight excluding hydrogens is 682 g/mol. The molecule has 1 fully saturated rings. The van der Waals surface area contributed by atoms with Crippen LogP contribution in [0.25, 0.3) is 11.0 Å². The summed E-state index contributed by atoms with van der Waals surface area (Å²) in [7, 11) is 0.972. The largest absolute Gasteiger partial charge is 0.464 e. The molecule has 3 rings (SSSR count). The van der Waals surface area contributed by atoms with Gasteiger partial charge >= 0.3 is 47.2 Å². The molecule has 1 aromatic carbocycles. The molecule has 1 aliphatic heterocycles. The van der Waals surface area contributed by atoms with Gasteiger partial charge in [0.05, 0.1) is 13.5 Å². The lowest BCUT2D eigenvalue weighted by molar-refractivity contribution is -0.334. The minimum atomic E-state index is -2.72. The highest BCUT2D eigenvalue weighted by Crippen LogP contribution is 2.44. The molecule has 1 aromatic heterocycles. The zero-order valence-electron chi connectivity index (χ0n) is 29.2. The number of rotatable bonds is 13. The number of hydrogen-bond acceptors (Lipinski definition) is 17. The average Bonchev–Trinajstić information content (AvgIpc) is 3.01. The van der Waals surface area contributed by atoms with E-state index in [-0.39, 0.29) is 11.3 Å². The summed E-state index contributed by atoms with van der Waals surface area (Å²) in [5.41, 5.74) is -2.67. The maximum absolute atomic E-state index is 13.9. The van der Waals surface area contributed by atoms with E-state index in [9.17, 15) is 38.4 Å². The van der Waals surface area contributed by atoms with Crippen LogP contribution >= 0.6 is 0 Å². The van der Waals surface area contributed by atoms with Crippen molar-refractivity contribution in [1.29, 1.82) is 0 Å². The third-order valence-corrected chi connectivity index (χ3v) is 7.48. The molecule has 18 nitrogen and oxygen atoms in total. The zero-order chi connectivity index (χ0) is 38.3. The summed E-state index contributed by atoms with van der Waals surface area (Å²) < 4.78 is 50.3. The molecule has 1 N–H and O–H groups in total. The van der Waals surface area contributed by atoms with Crippen LogP contribution in [0.4, 0.5) is 0 Å². The van der Waals surface area contributed by atoms with E-state index in [1.807, 2.05) is 0 Å². The fraction of sp³-hybridized carbons (Fsp3) is 0.515. The van der Waals surface area contributed by atoms with Gasteiger partial charge in [-0.3, -0.25) is 28.8 Å². The molecule has 51 heavy (non-hydrogen) atoms. The van der Waals surface area contributed by atoms with Gasteiger partial charge in [-0.1, -0.05) is 0 Å². The Bertz CT molecular complexity index is 1750. The minimum Gasteiger partial charge on any atom is -0.464 e. The molecule has 18 heteroatoms. The molecule has 278 valence electrons. The number of nitrogens with one attached hydrogen (secondary N) is 1. The van der Waals surface area contributed by atoms with Crippen molar-refractivity contribution in [2.45, 2.75) is 90.6 Å². The third kappa shape index (κ3) is 9.80. The van der Waals surface area contributed by atoms with Gasteiger partial charge in [0.15, 0.2) is 17.8 Å². The van der Waals surface area contributed by atoms with Crippen molar-refractivity contribution in [1.82, 2.24) is 5.32 Å². The number of amides is 1. The van der Waals surface area contributed by atoms with Crippen molar-refractivity contribution >= 4 is 52.7 Å². The quantitative estimate of drug-likeness (QED) is 0.172. The highest BCUT2D eigenvalue weighted by Gasteiger charge is 2.68. The maximum atomic E-state index is 13.9. The van der Waals surface area contributed by atoms with Gasteiger partial charge in [0, 0.05) is 59.1 Å². The first-order valence-electron chi connectivity index (χ1n) is 15.4. The molecule has 0 spiro atoms. The Labute approximate surface area is 290 Å². The minimum absolute atomic E-state index is 0.0428. The van der Waals surface area contributed by atoms with Crippen LogP contribution in [0, 0.1) is 6.92 Å². The van der Waals surface area contributed by atoms with Crippen molar-refractivity contribution in [2.75, 3.05) is 20.3 Å². The summed E-state index contributed by atoms with van der Waals surface area (Å²) >= 11 is 0. The van der Waals surface area contributed by atoms with Crippen LogP contribution in [0.2, 0.25) is 0 Å². The number of fused-ring (bicyclic) bond motifs is 1. The monoisotopic (exact) mass is 721 g/mol. The van der Waals surface area contributed by atoms with Gasteiger partial charge in [-0.15, -0.1) is 0 Å². The summed E-state index contributed by atoms with van der Waals surface area (Å²) in [6.07, 6.45) is -6.18. The smallest absolute Gasteiger partial charge is 0.379 e. The van der Waals surface area contributed by atoms with E-state index in [0.717, 1.165) is 48.7 Å². The van der Waals surface area contributed by atoms with Gasteiger partial charge in [0.1, 0.15) is 36.7 Å². The molecule has 0 saturated carbocycles. The standard InChI is InChI=1S/C33H39NO17/c1-16-11-28(41)49-25-12-23(9-10-24(16)25)50-33(31(42)43-8)13-26(46-20(5)38)29(34-17(2)35)32(51-33,15-45-19(4)37)30(48-22(7)40)27(47-21(6)39)14-44-18(3)36/h9-12,26-27,29-30H,13-15H2,1-8H3,(H,34,35)/t26-,27+,29+,30+,32+,33+/m0/s1. The molecule has 2 aromatic rings. The van der Waals surface area contributed by atoms with Gasteiger partial charge in [0.25, 0.3) is 0 Å². The number of benzene rings is 1. The van der Waals surface area contributed by atoms with Gasteiger partial charge in [-0.2, -0.15) is 0 Å². The van der Waals surface area contributed by atoms with Gasteiger partial charge in [-0.25, -0.2) is 9.59 Å². The Balaban J connectivity index is 2.46. The molecule has 1 amide bonds. The number of ether oxygens (including phenoxy) is 8. The van der Waals surface area contributed by atoms with E-state index in [2.05, 4.69) is 5.32 Å². The lowest BCUT2D eigenvalue weighted by Crippen LogP contribution is -2.78. The number of methoxy groups -OCH3 is 1. The molecule has 0 bridgehead atoms. The SMILES string of the molecule is COC(=O)[C@@]1(Oc2ccc3c(C)cc(=O)oc3c2)C[C@H](OC(C)=O)[C@@H](NC(C)=O)[C@](COC(C)=O)([C@H](OC(C)=O)[C@@H](COC(C)=O)OC(C)=O)O1. The van der Waals surface area contributed by atoms with Crippen LogP contribution in [0.1, 0.15) is 53.5 Å². The highest BCUT2D eigenvalue weighted by atomic mass is 16.8. The summed E-state index contributed by atoms with van der Waals surface area (Å²) in [6.45, 7) is 5.96. The number of aryl methyl sites for hydroxylation is 1. The number of carbonyl (C=O) groups is 7. The number of esters is 6. The third-order valence-electron chi connectivity index (χ3n) is 7.48. The first kappa shape index (κ1) is 39.9. The van der Waals surface area contributed by atoms with E-state index >= 15 is 0 Å². The molecule has 0 unspecified atom stereocenters. The fourth-order valence-electron chi connectivity index (χ4n) is 5.73. The van der Waals surface area contributed by atoms with Crippen LogP contribution in [0.5, 0.6) is 5.75 Å². The van der Waals surface area contributed by atoms with Crippen molar-refractivity contribution < 1.29 is 75.9 Å². The molecular formula is C33H39NO17. The Hall–Kier alpha value is -5.52. The number of hydrogen-bond donors (Lipinski definition) is 1. The highest BCUT2D eigenvalue weighted by molar-refractivity contribution is 5.82. The molecule has 0 radical (unpaired) electrons. The average molecular weight is 722 g/mol. The second-order valence-electron chi connectivity index (χ2n) is 11.6. The van der Waals surface area contributed by atoms with Crippen LogP contribution in [-0.2, 0) is 66.7 Å². The van der Waals surface area contributed by atoms with Gasteiger partial charge in [-0.05, 0) is 24.6 Å². The first-order chi connectivity index (χ1) is 23.8. The fourth-order valence-corrected chi connectivity index (χ4v) is 5.73. The molecule has 1 saturated heterocycles. The predicted molar refractivity (Wildman–Crippen MR) is 169 cm³/mol. The Morgan fingerprint density at radius 2 is 1.53 bits per heavy atom. The van der Waals surface area contributed by atoms with Crippen molar-refractivity contribution in [3.63, 3.8) is 0 Å². The van der Waals surface area contributed by atoms with Crippen molar-refractivity contribution in [3.05, 3.63) is 40.2 Å². The van der Waals surface area contributed by atoms with Crippen LogP contribution in [0.15, 0.2) is 33.5 Å². The lowest BCUT2D eigenvalue weighted by atomic mass is 9.77. The second kappa shape index (κ2) is 16.5. The van der Waals surface area contributed by atoms with Crippen molar-refractivity contribution in [3.8, 4) is 5.75 Å². The Kier molecular flexibility index (Phi) is 12.9. The van der Waals surface area contributed by atoms with E-state index < -0.39 is 103 Å². The molecule has 1 aliphatic rings. The topological polar surface area (TPSA) is 236 Å². The summed E-state index contributed by atoms with van der Waals surface area (Å²) in [5.74, 6) is -9.68. The lowest BCUT2D eigenvalue weighted by Gasteiger charge is -2.55. The Morgan fingerprint density at radius 1 is 0.882 bits per heavy atom. The van der Waals surface area contributed by atoms with Crippen LogP contribution in [-0.4, -0.2) is 97.8 Å². The summed E-state index contributed by atoms with van der Waals surface area (Å²) in [4.78, 5) is 101. The number of carbonyl (C=O) groups excluding carboxylic acids is 7. The summed E-state index contributed by atoms with van der Waals surface area (Å²) in [5, 5.41) is 3.05. The normalized spacial score (nSPS) is 22.4. The first-order valence-corrected chi connectivity index (χ1v) is 15.4. The molecule has 6 atom stereocenters.